The Kier molecular flexibility index (Phi) is 3.78. The van der Waals surface area contributed by atoms with Crippen molar-refractivity contribution in [1.82, 2.24) is 19.9 Å². The van der Waals surface area contributed by atoms with Gasteiger partial charge in [-0.3, -0.25) is 4.79 Å². The molecule has 120 valence electrons. The third-order valence-electron chi connectivity index (χ3n) is 4.25. The third-order valence-corrected chi connectivity index (χ3v) is 4.58. The molecule has 3 aromatic rings. The van der Waals surface area contributed by atoms with Crippen molar-refractivity contribution < 1.29 is 4.79 Å². The Morgan fingerprint density at radius 2 is 2.04 bits per heavy atom. The lowest BCUT2D eigenvalue weighted by atomic mass is 10.0. The van der Waals surface area contributed by atoms with Gasteiger partial charge in [0.15, 0.2) is 0 Å². The van der Waals surface area contributed by atoms with Crippen LogP contribution in [0.25, 0.3) is 11.4 Å². The van der Waals surface area contributed by atoms with E-state index < -0.39 is 0 Å². The molecule has 24 heavy (non-hydrogen) atoms. The fraction of sp³-hybridized carbons (Fsp3) is 0.167. The molecule has 0 spiro atoms. The van der Waals surface area contributed by atoms with Gasteiger partial charge in [-0.2, -0.15) is 0 Å². The number of nitrogens with zero attached hydrogens (tertiary/aromatic N) is 3. The number of halogens is 1. The normalized spacial score (nSPS) is 13.6. The Morgan fingerprint density at radius 1 is 1.17 bits per heavy atom. The van der Waals surface area contributed by atoms with E-state index in [1.165, 1.54) is 0 Å². The average molecular weight is 339 g/mol. The molecule has 4 rings (SSSR count). The van der Waals surface area contributed by atoms with Gasteiger partial charge in [0.2, 0.25) is 0 Å². The molecular weight excluding hydrogens is 324 g/mol. The quantitative estimate of drug-likeness (QED) is 0.779. The molecule has 1 aliphatic heterocycles. The zero-order valence-corrected chi connectivity index (χ0v) is 13.6. The zero-order chi connectivity index (χ0) is 16.5. The second kappa shape index (κ2) is 6.09. The van der Waals surface area contributed by atoms with Gasteiger partial charge in [0.25, 0.3) is 5.91 Å². The van der Waals surface area contributed by atoms with Gasteiger partial charge in [-0.05, 0) is 30.7 Å². The Hall–Kier alpha value is -2.66. The fourth-order valence-corrected chi connectivity index (χ4v) is 3.26. The maximum Gasteiger partial charge on any atom is 0.255 e. The first kappa shape index (κ1) is 14.9. The number of aromatic amines is 1. The van der Waals surface area contributed by atoms with Crippen LogP contribution in [0.5, 0.6) is 0 Å². The molecule has 6 heteroatoms. The number of carbonyl (C=O) groups is 1. The molecule has 1 aromatic carbocycles. The van der Waals surface area contributed by atoms with E-state index in [-0.39, 0.29) is 5.91 Å². The highest BCUT2D eigenvalue weighted by molar-refractivity contribution is 6.33. The van der Waals surface area contributed by atoms with Crippen LogP contribution in [0.15, 0.2) is 48.9 Å². The highest BCUT2D eigenvalue weighted by Crippen LogP contribution is 2.27. The number of H-pyrrole nitrogens is 1. The summed E-state index contributed by atoms with van der Waals surface area (Å²) in [6, 6.07) is 11.1. The molecule has 0 fully saturated rings. The van der Waals surface area contributed by atoms with Crippen molar-refractivity contribution in [3.8, 4) is 11.4 Å². The summed E-state index contributed by atoms with van der Waals surface area (Å²) in [6.07, 6.45) is 4.15. The summed E-state index contributed by atoms with van der Waals surface area (Å²) in [7, 11) is 0. The number of hydrogen-bond acceptors (Lipinski definition) is 3. The highest BCUT2D eigenvalue weighted by Gasteiger charge is 2.26. The number of nitrogens with one attached hydrogen (secondary N) is 1. The molecule has 1 aliphatic rings. The van der Waals surface area contributed by atoms with Crippen molar-refractivity contribution in [2.45, 2.75) is 13.0 Å². The number of benzene rings is 1. The van der Waals surface area contributed by atoms with Crippen molar-refractivity contribution in [2.75, 3.05) is 6.54 Å². The summed E-state index contributed by atoms with van der Waals surface area (Å²) in [5, 5.41) is 0.475. The third kappa shape index (κ3) is 2.57. The van der Waals surface area contributed by atoms with Crippen molar-refractivity contribution in [3.05, 3.63) is 70.8 Å². The lowest BCUT2D eigenvalue weighted by Gasteiger charge is -2.29. The van der Waals surface area contributed by atoms with Crippen molar-refractivity contribution in [1.29, 1.82) is 0 Å². The summed E-state index contributed by atoms with van der Waals surface area (Å²) in [4.78, 5) is 26.5. The van der Waals surface area contributed by atoms with E-state index in [1.807, 2.05) is 30.5 Å². The molecule has 0 unspecified atom stereocenters. The Bertz CT molecular complexity index is 892. The van der Waals surface area contributed by atoms with Gasteiger partial charge < -0.3 is 9.88 Å². The zero-order valence-electron chi connectivity index (χ0n) is 12.9. The molecule has 0 saturated carbocycles. The number of carbonyl (C=O) groups excluding carboxylic acids is 1. The Morgan fingerprint density at radius 3 is 2.83 bits per heavy atom. The van der Waals surface area contributed by atoms with Gasteiger partial charge in [0, 0.05) is 18.3 Å². The summed E-state index contributed by atoms with van der Waals surface area (Å²) < 4.78 is 0. The number of fused-ring (bicyclic) bond motifs is 1. The molecule has 0 bridgehead atoms. The predicted octanol–water partition coefficient (Wildman–Crippen LogP) is 3.32. The fourth-order valence-electron chi connectivity index (χ4n) is 3.04. The van der Waals surface area contributed by atoms with Crippen LogP contribution in [0.3, 0.4) is 0 Å². The van der Waals surface area contributed by atoms with Crippen LogP contribution in [0.1, 0.15) is 21.6 Å². The SMILES string of the molecule is O=C(c1ccccc1Cl)N1CCc2c(ncnc2-c2ccc[nH]2)C1. The van der Waals surface area contributed by atoms with E-state index in [0.29, 0.717) is 23.7 Å². The second-order valence-electron chi connectivity index (χ2n) is 5.69. The van der Waals surface area contributed by atoms with Gasteiger partial charge in [-0.15, -0.1) is 0 Å². The first-order valence-electron chi connectivity index (χ1n) is 7.74. The molecule has 5 nitrogen and oxygen atoms in total. The van der Waals surface area contributed by atoms with E-state index in [2.05, 4.69) is 15.0 Å². The summed E-state index contributed by atoms with van der Waals surface area (Å²) in [5.74, 6) is -0.0636. The van der Waals surface area contributed by atoms with Crippen LogP contribution < -0.4 is 0 Å². The smallest absolute Gasteiger partial charge is 0.255 e. The molecule has 0 atom stereocenters. The van der Waals surface area contributed by atoms with Gasteiger partial charge in [-0.25, -0.2) is 9.97 Å². The maximum atomic E-state index is 12.7. The average Bonchev–Trinajstić information content (AvgIpc) is 3.15. The van der Waals surface area contributed by atoms with E-state index in [9.17, 15) is 4.79 Å². The van der Waals surface area contributed by atoms with E-state index in [4.69, 9.17) is 11.6 Å². The van der Waals surface area contributed by atoms with Gasteiger partial charge >= 0.3 is 0 Å². The van der Waals surface area contributed by atoms with Crippen LogP contribution in [0.2, 0.25) is 5.02 Å². The van der Waals surface area contributed by atoms with Crippen LogP contribution in [0.4, 0.5) is 0 Å². The minimum absolute atomic E-state index is 0.0636. The predicted molar refractivity (Wildman–Crippen MR) is 91.7 cm³/mol. The van der Waals surface area contributed by atoms with Gasteiger partial charge in [-0.1, -0.05) is 23.7 Å². The summed E-state index contributed by atoms with van der Waals surface area (Å²) >= 11 is 6.15. The standard InChI is InChI=1S/C18H15ClN4O/c19-14-5-2-1-4-12(14)18(24)23-9-7-13-16(10-23)21-11-22-17(13)15-6-3-8-20-15/h1-6,8,11,20H,7,9-10H2. The number of amides is 1. The van der Waals surface area contributed by atoms with E-state index >= 15 is 0 Å². The van der Waals surface area contributed by atoms with Crippen molar-refractivity contribution >= 4 is 17.5 Å². The second-order valence-corrected chi connectivity index (χ2v) is 6.10. The van der Waals surface area contributed by atoms with Crippen LogP contribution in [-0.2, 0) is 13.0 Å². The van der Waals surface area contributed by atoms with Crippen LogP contribution in [-0.4, -0.2) is 32.3 Å². The molecule has 1 amide bonds. The van der Waals surface area contributed by atoms with Crippen molar-refractivity contribution in [2.24, 2.45) is 0 Å². The molecule has 3 heterocycles. The number of rotatable bonds is 2. The lowest BCUT2D eigenvalue weighted by Crippen LogP contribution is -2.37. The minimum Gasteiger partial charge on any atom is -0.360 e. The first-order valence-corrected chi connectivity index (χ1v) is 8.12. The molecule has 0 saturated heterocycles. The summed E-state index contributed by atoms with van der Waals surface area (Å²) in [6.45, 7) is 1.09. The van der Waals surface area contributed by atoms with Crippen molar-refractivity contribution in [3.63, 3.8) is 0 Å². The van der Waals surface area contributed by atoms with Gasteiger partial charge in [0.05, 0.1) is 34.2 Å². The van der Waals surface area contributed by atoms with E-state index in [1.54, 1.807) is 23.4 Å². The van der Waals surface area contributed by atoms with Crippen LogP contribution in [0, 0.1) is 0 Å². The molecule has 2 aromatic heterocycles. The van der Waals surface area contributed by atoms with Gasteiger partial charge in [0.1, 0.15) is 6.33 Å². The molecule has 0 aliphatic carbocycles. The van der Waals surface area contributed by atoms with E-state index in [0.717, 1.165) is 29.1 Å². The van der Waals surface area contributed by atoms with Crippen LogP contribution >= 0.6 is 11.6 Å². The lowest BCUT2D eigenvalue weighted by molar-refractivity contribution is 0.0732. The Balaban J connectivity index is 1.64. The number of hydrogen-bond donors (Lipinski definition) is 1. The topological polar surface area (TPSA) is 61.9 Å². The molecular formula is C18H15ClN4O. The monoisotopic (exact) mass is 338 g/mol. The minimum atomic E-state index is -0.0636. The largest absolute Gasteiger partial charge is 0.360 e. The Labute approximate surface area is 144 Å². The molecule has 1 N–H and O–H groups in total. The molecule has 0 radical (unpaired) electrons. The number of aromatic nitrogens is 3. The first-order chi connectivity index (χ1) is 11.7. The maximum absolute atomic E-state index is 12.7. The highest BCUT2D eigenvalue weighted by atomic mass is 35.5. The summed E-state index contributed by atoms with van der Waals surface area (Å²) in [5.41, 5.74) is 4.40.